The Balaban J connectivity index is 1.85. The maximum atomic E-state index is 12.4. The number of methoxy groups -OCH3 is 1. The molecule has 0 radical (unpaired) electrons. The summed E-state index contributed by atoms with van der Waals surface area (Å²) in [6, 6.07) is 4.74. The molecule has 0 saturated heterocycles. The third kappa shape index (κ3) is 2.84. The second-order valence-electron chi connectivity index (χ2n) is 5.73. The van der Waals surface area contributed by atoms with Gasteiger partial charge in [-0.3, -0.25) is 5.32 Å². The molecule has 0 atom stereocenters. The summed E-state index contributed by atoms with van der Waals surface area (Å²) < 4.78 is 5.74. The van der Waals surface area contributed by atoms with Crippen LogP contribution in [0.5, 0.6) is 5.75 Å². The van der Waals surface area contributed by atoms with Gasteiger partial charge in [0, 0.05) is 4.85 Å². The number of nitrogens with one attached hydrogen (secondary N) is 1. The van der Waals surface area contributed by atoms with Crippen LogP contribution < -0.4 is 19.6 Å². The molecule has 1 aromatic carbocycles. The van der Waals surface area contributed by atoms with Crippen molar-refractivity contribution in [2.24, 2.45) is 5.92 Å². The molecule has 7 nitrogen and oxygen atoms in total. The van der Waals surface area contributed by atoms with Gasteiger partial charge in [0.05, 0.1) is 19.7 Å². The first-order chi connectivity index (χ1) is 10.7. The highest BCUT2D eigenvalue weighted by Crippen LogP contribution is 2.23. The minimum atomic E-state index is 0.0539. The Labute approximate surface area is 128 Å². The fraction of sp³-hybridized carbons (Fsp3) is 0.533. The first kappa shape index (κ1) is 14.6. The van der Waals surface area contributed by atoms with E-state index in [-0.39, 0.29) is 17.0 Å². The quantitative estimate of drug-likeness (QED) is 0.683. The van der Waals surface area contributed by atoms with Crippen molar-refractivity contribution in [1.29, 1.82) is 0 Å². The van der Waals surface area contributed by atoms with Crippen molar-refractivity contribution in [2.75, 3.05) is 19.0 Å². The minimum Gasteiger partial charge on any atom is -0.739 e. The number of anilines is 1. The van der Waals surface area contributed by atoms with E-state index in [1.807, 2.05) is 0 Å². The van der Waals surface area contributed by atoms with Gasteiger partial charge in [0.1, 0.15) is 5.75 Å². The van der Waals surface area contributed by atoms with Crippen molar-refractivity contribution in [3.05, 3.63) is 28.6 Å². The number of fused-ring (bicyclic) bond motifs is 1. The molecule has 1 saturated carbocycles. The highest BCUT2D eigenvalue weighted by Gasteiger charge is 2.22. The van der Waals surface area contributed by atoms with Crippen LogP contribution in [0.2, 0.25) is 0 Å². The molecule has 7 heteroatoms. The van der Waals surface area contributed by atoms with Crippen LogP contribution in [0.3, 0.4) is 0 Å². The van der Waals surface area contributed by atoms with Crippen LogP contribution in [-0.4, -0.2) is 18.8 Å². The van der Waals surface area contributed by atoms with Gasteiger partial charge in [-0.2, -0.15) is 0 Å². The van der Waals surface area contributed by atoms with E-state index in [1.54, 1.807) is 12.1 Å². The lowest BCUT2D eigenvalue weighted by Gasteiger charge is -2.20. The maximum Gasteiger partial charge on any atom is 0.460 e. The largest absolute Gasteiger partial charge is 0.739 e. The molecule has 0 amide bonds. The maximum absolute atomic E-state index is 12.4. The summed E-state index contributed by atoms with van der Waals surface area (Å²) in [5.74, 6) is 1.11. The Bertz CT molecular complexity index is 671. The zero-order chi connectivity index (χ0) is 15.5. The lowest BCUT2D eigenvalue weighted by atomic mass is 9.89. The number of benzene rings is 1. The molecule has 1 N–H and O–H groups in total. The van der Waals surface area contributed by atoms with E-state index in [9.17, 15) is 10.4 Å². The van der Waals surface area contributed by atoms with Crippen LogP contribution in [0.25, 0.3) is 11.0 Å². The number of rotatable bonds is 4. The Hall–Kier alpha value is -2.31. The van der Waals surface area contributed by atoms with E-state index in [1.165, 1.54) is 32.4 Å². The lowest BCUT2D eigenvalue weighted by Crippen LogP contribution is -2.44. The van der Waals surface area contributed by atoms with E-state index >= 15 is 0 Å². The van der Waals surface area contributed by atoms with Gasteiger partial charge in [0.25, 0.3) is 0 Å². The highest BCUT2D eigenvalue weighted by atomic mass is 16.5. The standard InChI is InChI=1S/C15H20N4O3/c1-22-12-7-8-13-14(9-12)19(21)17-15(18(13)20)16-10-11-5-3-2-4-6-11/h7-9,11H,2-6,10H2,1H3,(H,16,17). The average molecular weight is 304 g/mol. The zero-order valence-electron chi connectivity index (χ0n) is 12.6. The predicted octanol–water partition coefficient (Wildman–Crippen LogP) is 1.50. The lowest BCUT2D eigenvalue weighted by molar-refractivity contribution is -0.672. The van der Waals surface area contributed by atoms with Crippen molar-refractivity contribution in [2.45, 2.75) is 32.1 Å². The van der Waals surface area contributed by atoms with Gasteiger partial charge in [0.15, 0.2) is 5.52 Å². The Kier molecular flexibility index (Phi) is 4.13. The molecule has 0 aliphatic heterocycles. The molecule has 1 aliphatic rings. The molecule has 118 valence electrons. The number of nitrogens with zero attached hydrogens (tertiary/aromatic N) is 3. The summed E-state index contributed by atoms with van der Waals surface area (Å²) in [5, 5.41) is 31.2. The Morgan fingerprint density at radius 2 is 2.00 bits per heavy atom. The van der Waals surface area contributed by atoms with E-state index in [0.717, 1.165) is 12.8 Å². The summed E-state index contributed by atoms with van der Waals surface area (Å²) in [7, 11) is 1.51. The Morgan fingerprint density at radius 3 is 2.73 bits per heavy atom. The first-order valence-corrected chi connectivity index (χ1v) is 7.64. The van der Waals surface area contributed by atoms with Crippen molar-refractivity contribution in [1.82, 2.24) is 5.10 Å². The third-order valence-electron chi connectivity index (χ3n) is 4.26. The molecule has 3 rings (SSSR count). The fourth-order valence-electron chi connectivity index (χ4n) is 2.98. The third-order valence-corrected chi connectivity index (χ3v) is 4.26. The molecule has 0 bridgehead atoms. The van der Waals surface area contributed by atoms with Crippen molar-refractivity contribution < 1.29 is 14.3 Å². The minimum absolute atomic E-state index is 0.0539. The van der Waals surface area contributed by atoms with Crippen LogP contribution in [0.15, 0.2) is 18.2 Å². The summed E-state index contributed by atoms with van der Waals surface area (Å²) in [6.45, 7) is 0.677. The van der Waals surface area contributed by atoms with Gasteiger partial charge in [-0.25, -0.2) is 4.73 Å². The summed E-state index contributed by atoms with van der Waals surface area (Å²) in [5.41, 5.74) is 0.467. The Morgan fingerprint density at radius 1 is 1.23 bits per heavy atom. The number of ether oxygens (including phenoxy) is 1. The second-order valence-corrected chi connectivity index (χ2v) is 5.73. The van der Waals surface area contributed by atoms with Crippen LogP contribution in [0.4, 0.5) is 5.95 Å². The SMILES string of the molecule is COc1ccc2c(c1)[n+]([O-])nc(NCC1CCCCC1)[n+]2[O-]. The molecule has 1 heterocycles. The second kappa shape index (κ2) is 6.21. The van der Waals surface area contributed by atoms with Gasteiger partial charge in [-0.15, -0.1) is 0 Å². The number of hydrogen-bond acceptors (Lipinski definition) is 5. The number of aromatic nitrogens is 3. The number of hydrogen-bond donors (Lipinski definition) is 1. The molecule has 0 spiro atoms. The van der Waals surface area contributed by atoms with Gasteiger partial charge >= 0.3 is 11.5 Å². The summed E-state index contributed by atoms with van der Waals surface area (Å²) >= 11 is 0. The summed E-state index contributed by atoms with van der Waals surface area (Å²) in [4.78, 5) is 0.468. The molecule has 1 fully saturated rings. The van der Waals surface area contributed by atoms with Crippen molar-refractivity contribution in [3.8, 4) is 5.75 Å². The van der Waals surface area contributed by atoms with E-state index < -0.39 is 0 Å². The van der Waals surface area contributed by atoms with Crippen molar-refractivity contribution in [3.63, 3.8) is 0 Å². The van der Waals surface area contributed by atoms with Crippen LogP contribution in [0, 0.1) is 16.3 Å². The van der Waals surface area contributed by atoms with E-state index in [4.69, 9.17) is 4.74 Å². The average Bonchev–Trinajstić information content (AvgIpc) is 2.57. The molecular weight excluding hydrogens is 284 g/mol. The molecule has 2 aromatic rings. The van der Waals surface area contributed by atoms with Crippen LogP contribution in [0.1, 0.15) is 32.1 Å². The smallest absolute Gasteiger partial charge is 0.460 e. The monoisotopic (exact) mass is 304 g/mol. The van der Waals surface area contributed by atoms with Crippen LogP contribution in [-0.2, 0) is 0 Å². The van der Waals surface area contributed by atoms with Gasteiger partial charge < -0.3 is 15.2 Å². The topological polar surface area (TPSA) is 88.0 Å². The molecule has 0 unspecified atom stereocenters. The van der Waals surface area contributed by atoms with E-state index in [2.05, 4.69) is 10.4 Å². The van der Waals surface area contributed by atoms with Gasteiger partial charge in [-0.1, -0.05) is 19.3 Å². The fourth-order valence-corrected chi connectivity index (χ4v) is 2.98. The van der Waals surface area contributed by atoms with E-state index in [0.29, 0.717) is 27.8 Å². The van der Waals surface area contributed by atoms with Gasteiger partial charge in [0.2, 0.25) is 5.10 Å². The van der Waals surface area contributed by atoms with Crippen LogP contribution >= 0.6 is 0 Å². The normalized spacial score (nSPS) is 15.9. The zero-order valence-corrected chi connectivity index (χ0v) is 12.6. The highest BCUT2D eigenvalue weighted by molar-refractivity contribution is 5.70. The molecule has 22 heavy (non-hydrogen) atoms. The van der Waals surface area contributed by atoms with Gasteiger partial charge in [-0.05, 0) is 30.9 Å². The summed E-state index contributed by atoms with van der Waals surface area (Å²) in [6.07, 6.45) is 6.07. The first-order valence-electron chi connectivity index (χ1n) is 7.64. The molecule has 1 aromatic heterocycles. The predicted molar refractivity (Wildman–Crippen MR) is 81.3 cm³/mol. The van der Waals surface area contributed by atoms with Crippen molar-refractivity contribution >= 4 is 17.0 Å². The molecular formula is C15H20N4O3. The molecule has 1 aliphatic carbocycles.